The SMILES string of the molecule is CNC[C@H](O)[C@H](Cc1ccccc1)NC(=O)OC(C)(C)C. The molecule has 0 radical (unpaired) electrons. The van der Waals surface area contributed by atoms with Crippen molar-refractivity contribution in [3.63, 3.8) is 0 Å². The van der Waals surface area contributed by atoms with Crippen LogP contribution in [0.25, 0.3) is 0 Å². The number of aliphatic hydroxyl groups excluding tert-OH is 1. The molecular weight excluding hydrogens is 268 g/mol. The van der Waals surface area contributed by atoms with Gasteiger partial charge in [-0.2, -0.15) is 0 Å². The number of carbonyl (C=O) groups excluding carboxylic acids is 1. The smallest absolute Gasteiger partial charge is 0.407 e. The predicted octanol–water partition coefficient (Wildman–Crippen LogP) is 1.70. The molecule has 1 amide bonds. The quantitative estimate of drug-likeness (QED) is 0.747. The number of nitrogens with one attached hydrogen (secondary N) is 2. The van der Waals surface area contributed by atoms with Gasteiger partial charge in [0.1, 0.15) is 5.60 Å². The first-order valence-electron chi connectivity index (χ1n) is 7.18. The lowest BCUT2D eigenvalue weighted by Gasteiger charge is -2.26. The van der Waals surface area contributed by atoms with Crippen LogP contribution in [0.4, 0.5) is 4.79 Å². The Balaban J connectivity index is 2.71. The largest absolute Gasteiger partial charge is 0.444 e. The van der Waals surface area contributed by atoms with Crippen LogP contribution >= 0.6 is 0 Å². The highest BCUT2D eigenvalue weighted by molar-refractivity contribution is 5.68. The first-order chi connectivity index (χ1) is 9.81. The molecular formula is C16H26N2O3. The molecule has 3 N–H and O–H groups in total. The van der Waals surface area contributed by atoms with Crippen LogP contribution in [-0.2, 0) is 11.2 Å². The number of aliphatic hydroxyl groups is 1. The maximum absolute atomic E-state index is 11.9. The number of ether oxygens (including phenoxy) is 1. The van der Waals surface area contributed by atoms with E-state index >= 15 is 0 Å². The summed E-state index contributed by atoms with van der Waals surface area (Å²) in [5.41, 5.74) is 0.490. The Morgan fingerprint density at radius 2 is 1.90 bits per heavy atom. The van der Waals surface area contributed by atoms with E-state index in [1.807, 2.05) is 51.1 Å². The third-order valence-corrected chi connectivity index (χ3v) is 2.88. The zero-order valence-corrected chi connectivity index (χ0v) is 13.2. The summed E-state index contributed by atoms with van der Waals surface area (Å²) in [5.74, 6) is 0. The summed E-state index contributed by atoms with van der Waals surface area (Å²) in [5, 5.41) is 15.9. The molecule has 2 atom stereocenters. The molecule has 118 valence electrons. The summed E-state index contributed by atoms with van der Waals surface area (Å²) in [6.07, 6.45) is -0.663. The van der Waals surface area contributed by atoms with Gasteiger partial charge in [-0.05, 0) is 39.8 Å². The number of amides is 1. The average molecular weight is 294 g/mol. The highest BCUT2D eigenvalue weighted by atomic mass is 16.6. The van der Waals surface area contributed by atoms with Crippen LogP contribution in [0.1, 0.15) is 26.3 Å². The van der Waals surface area contributed by atoms with Crippen molar-refractivity contribution < 1.29 is 14.6 Å². The summed E-state index contributed by atoms with van der Waals surface area (Å²) in [7, 11) is 1.76. The molecule has 0 aromatic heterocycles. The number of hydrogen-bond donors (Lipinski definition) is 3. The van der Waals surface area contributed by atoms with Gasteiger partial charge in [0.05, 0.1) is 12.1 Å². The number of hydrogen-bond acceptors (Lipinski definition) is 4. The van der Waals surface area contributed by atoms with Gasteiger partial charge in [-0.1, -0.05) is 30.3 Å². The third kappa shape index (κ3) is 7.11. The highest BCUT2D eigenvalue weighted by Gasteiger charge is 2.24. The maximum atomic E-state index is 11.9. The van der Waals surface area contributed by atoms with Gasteiger partial charge in [-0.3, -0.25) is 0 Å². The number of carbonyl (C=O) groups is 1. The fraction of sp³-hybridized carbons (Fsp3) is 0.562. The van der Waals surface area contributed by atoms with Crippen molar-refractivity contribution in [3.05, 3.63) is 35.9 Å². The van der Waals surface area contributed by atoms with E-state index in [9.17, 15) is 9.90 Å². The Hall–Kier alpha value is -1.59. The summed E-state index contributed by atoms with van der Waals surface area (Å²) >= 11 is 0. The monoisotopic (exact) mass is 294 g/mol. The minimum absolute atomic E-state index is 0.396. The Morgan fingerprint density at radius 1 is 1.29 bits per heavy atom. The lowest BCUT2D eigenvalue weighted by atomic mass is 10.0. The summed E-state index contributed by atoms with van der Waals surface area (Å²) in [6.45, 7) is 5.82. The van der Waals surface area contributed by atoms with Gasteiger partial charge in [-0.15, -0.1) is 0 Å². The van der Waals surface area contributed by atoms with Crippen LogP contribution in [0.2, 0.25) is 0 Å². The van der Waals surface area contributed by atoms with Crippen LogP contribution in [0, 0.1) is 0 Å². The number of benzene rings is 1. The Kier molecular flexibility index (Phi) is 6.65. The number of alkyl carbamates (subject to hydrolysis) is 1. The molecule has 0 aliphatic carbocycles. The van der Waals surface area contributed by atoms with E-state index < -0.39 is 23.8 Å². The second-order valence-corrected chi connectivity index (χ2v) is 6.07. The van der Waals surface area contributed by atoms with Crippen molar-refractivity contribution in [1.82, 2.24) is 10.6 Å². The molecule has 5 heteroatoms. The number of likely N-dealkylation sites (N-methyl/N-ethyl adjacent to an activating group) is 1. The zero-order valence-electron chi connectivity index (χ0n) is 13.2. The van der Waals surface area contributed by atoms with Crippen LogP contribution < -0.4 is 10.6 Å². The van der Waals surface area contributed by atoms with Gasteiger partial charge in [0.15, 0.2) is 0 Å². The van der Waals surface area contributed by atoms with Gasteiger partial charge >= 0.3 is 6.09 Å². The molecule has 0 saturated heterocycles. The van der Waals surface area contributed by atoms with E-state index in [2.05, 4.69) is 10.6 Å². The Morgan fingerprint density at radius 3 is 2.43 bits per heavy atom. The summed E-state index contributed by atoms with van der Waals surface area (Å²) in [4.78, 5) is 11.9. The van der Waals surface area contributed by atoms with Gasteiger partial charge in [-0.25, -0.2) is 4.79 Å². The predicted molar refractivity (Wildman–Crippen MR) is 83.2 cm³/mol. The molecule has 0 aliphatic rings. The molecule has 0 unspecified atom stereocenters. The fourth-order valence-corrected chi connectivity index (χ4v) is 1.96. The molecule has 0 saturated carbocycles. The summed E-state index contributed by atoms with van der Waals surface area (Å²) < 4.78 is 5.25. The van der Waals surface area contributed by atoms with Crippen molar-refractivity contribution in [3.8, 4) is 0 Å². The second-order valence-electron chi connectivity index (χ2n) is 6.07. The maximum Gasteiger partial charge on any atom is 0.407 e. The second kappa shape index (κ2) is 8.00. The molecule has 1 rings (SSSR count). The van der Waals surface area contributed by atoms with Crippen molar-refractivity contribution in [1.29, 1.82) is 0 Å². The molecule has 0 bridgehead atoms. The molecule has 1 aromatic rings. The van der Waals surface area contributed by atoms with E-state index in [4.69, 9.17) is 4.74 Å². The van der Waals surface area contributed by atoms with Crippen LogP contribution in [0.15, 0.2) is 30.3 Å². The van der Waals surface area contributed by atoms with E-state index in [0.717, 1.165) is 5.56 Å². The van der Waals surface area contributed by atoms with E-state index in [1.165, 1.54) is 0 Å². The molecule has 5 nitrogen and oxygen atoms in total. The average Bonchev–Trinajstić information content (AvgIpc) is 2.37. The molecule has 0 heterocycles. The topological polar surface area (TPSA) is 70.6 Å². The number of rotatable bonds is 6. The van der Waals surface area contributed by atoms with Crippen LogP contribution in [0.5, 0.6) is 0 Å². The van der Waals surface area contributed by atoms with Crippen molar-refractivity contribution in [2.24, 2.45) is 0 Å². The summed E-state index contributed by atoms with van der Waals surface area (Å²) in [6, 6.07) is 9.33. The third-order valence-electron chi connectivity index (χ3n) is 2.88. The van der Waals surface area contributed by atoms with Gasteiger partial charge < -0.3 is 20.5 Å². The molecule has 21 heavy (non-hydrogen) atoms. The lowest BCUT2D eigenvalue weighted by Crippen LogP contribution is -2.49. The molecule has 0 fully saturated rings. The molecule has 0 aliphatic heterocycles. The van der Waals surface area contributed by atoms with E-state index in [1.54, 1.807) is 7.05 Å². The highest BCUT2D eigenvalue weighted by Crippen LogP contribution is 2.10. The van der Waals surface area contributed by atoms with Crippen LogP contribution in [0.3, 0.4) is 0 Å². The van der Waals surface area contributed by atoms with Crippen molar-refractivity contribution in [2.45, 2.75) is 44.9 Å². The lowest BCUT2D eigenvalue weighted by molar-refractivity contribution is 0.0424. The van der Waals surface area contributed by atoms with Gasteiger partial charge in [0, 0.05) is 6.54 Å². The van der Waals surface area contributed by atoms with Gasteiger partial charge in [0.25, 0.3) is 0 Å². The fourth-order valence-electron chi connectivity index (χ4n) is 1.96. The normalized spacial score (nSPS) is 14.3. The van der Waals surface area contributed by atoms with Crippen LogP contribution in [-0.4, -0.2) is 42.5 Å². The standard InChI is InChI=1S/C16H26N2O3/c1-16(2,3)21-15(20)18-13(14(19)11-17-4)10-12-8-6-5-7-9-12/h5-9,13-14,17,19H,10-11H2,1-4H3,(H,18,20)/t13-,14-/m0/s1. The van der Waals surface area contributed by atoms with E-state index in [-0.39, 0.29) is 0 Å². The van der Waals surface area contributed by atoms with E-state index in [0.29, 0.717) is 13.0 Å². The minimum atomic E-state index is -0.692. The van der Waals surface area contributed by atoms with Gasteiger partial charge in [0.2, 0.25) is 0 Å². The van der Waals surface area contributed by atoms with Crippen molar-refractivity contribution >= 4 is 6.09 Å². The minimum Gasteiger partial charge on any atom is -0.444 e. The molecule has 0 spiro atoms. The Bertz CT molecular complexity index is 429. The molecule has 1 aromatic carbocycles. The zero-order chi connectivity index (χ0) is 15.9. The Labute approximate surface area is 126 Å². The van der Waals surface area contributed by atoms with Crippen molar-refractivity contribution in [2.75, 3.05) is 13.6 Å². The first-order valence-corrected chi connectivity index (χ1v) is 7.18. The first kappa shape index (κ1) is 17.5.